The number of aromatic nitrogens is 2. The zero-order chi connectivity index (χ0) is 29.4. The number of hydrogen-bond acceptors (Lipinski definition) is 4. The van der Waals surface area contributed by atoms with Crippen LogP contribution in [0.4, 0.5) is 23.2 Å². The Morgan fingerprint density at radius 1 is 1.00 bits per heavy atom. The summed E-state index contributed by atoms with van der Waals surface area (Å²) < 4.78 is 55.1. The highest BCUT2D eigenvalue weighted by Gasteiger charge is 2.41. The van der Waals surface area contributed by atoms with E-state index in [1.165, 1.54) is 25.3 Å². The van der Waals surface area contributed by atoms with Crippen LogP contribution in [-0.4, -0.2) is 45.8 Å². The van der Waals surface area contributed by atoms with E-state index in [0.717, 1.165) is 49.8 Å². The van der Waals surface area contributed by atoms with E-state index in [0.29, 0.717) is 5.69 Å². The van der Waals surface area contributed by atoms with Gasteiger partial charge in [-0.25, -0.2) is 4.39 Å². The van der Waals surface area contributed by atoms with Crippen LogP contribution in [0.2, 0.25) is 0 Å². The molecule has 0 saturated heterocycles. The lowest BCUT2D eigenvalue weighted by Gasteiger charge is -2.23. The summed E-state index contributed by atoms with van der Waals surface area (Å²) in [5.74, 6) is -3.74. The fourth-order valence-electron chi connectivity index (χ4n) is 4.55. The number of benzene rings is 1. The summed E-state index contributed by atoms with van der Waals surface area (Å²) in [7, 11) is 0. The van der Waals surface area contributed by atoms with Crippen LogP contribution in [0.25, 0.3) is 0 Å². The molecule has 3 N–H and O–H groups in total. The number of nitrogens with one attached hydrogen (secondary N) is 3. The first-order valence-electron chi connectivity index (χ1n) is 13.3. The molecule has 40 heavy (non-hydrogen) atoms. The van der Waals surface area contributed by atoms with Crippen molar-refractivity contribution in [3.63, 3.8) is 0 Å². The van der Waals surface area contributed by atoms with Gasteiger partial charge in [0.1, 0.15) is 23.6 Å². The van der Waals surface area contributed by atoms with Crippen LogP contribution >= 0.6 is 0 Å². The maximum Gasteiger partial charge on any atom is 0.408 e. The maximum absolute atomic E-state index is 15.1. The quantitative estimate of drug-likeness (QED) is 0.279. The number of hydrogen-bond donors (Lipinski definition) is 3. The minimum Gasteiger partial charge on any atom is -0.344 e. The Labute approximate surface area is 229 Å². The van der Waals surface area contributed by atoms with Gasteiger partial charge in [0, 0.05) is 12.2 Å². The maximum atomic E-state index is 15.1. The normalized spacial score (nSPS) is 17.2. The van der Waals surface area contributed by atoms with E-state index in [1.54, 1.807) is 10.7 Å². The Morgan fingerprint density at radius 3 is 2.23 bits per heavy atom. The van der Waals surface area contributed by atoms with Gasteiger partial charge in [-0.05, 0) is 88.6 Å². The molecule has 0 unspecified atom stereocenters. The molecule has 2 aliphatic carbocycles. The van der Waals surface area contributed by atoms with Gasteiger partial charge in [0.25, 0.3) is 11.8 Å². The van der Waals surface area contributed by atoms with Gasteiger partial charge in [0.2, 0.25) is 5.91 Å². The number of alkyl halides is 3. The van der Waals surface area contributed by atoms with Crippen molar-refractivity contribution in [3.8, 4) is 0 Å². The molecule has 2 aromatic rings. The van der Waals surface area contributed by atoms with Crippen molar-refractivity contribution >= 4 is 23.4 Å². The van der Waals surface area contributed by atoms with Crippen LogP contribution < -0.4 is 16.0 Å². The minimum atomic E-state index is -4.61. The SMILES string of the molecule is CC(C)n1nccc1C(=O)N[C@H](C(=O)Nc1ccc([C@H](C)C(=O)N[C@H](C)C(F)(F)F)cc1F)C(=C1CC1)C1CC1. The minimum absolute atomic E-state index is 0.0820. The van der Waals surface area contributed by atoms with E-state index in [1.807, 2.05) is 19.2 Å². The van der Waals surface area contributed by atoms with Gasteiger partial charge in [-0.2, -0.15) is 18.3 Å². The van der Waals surface area contributed by atoms with Crippen LogP contribution in [0.3, 0.4) is 0 Å². The first-order valence-corrected chi connectivity index (χ1v) is 13.3. The highest BCUT2D eigenvalue weighted by atomic mass is 19.4. The Hall–Kier alpha value is -3.70. The number of carbonyl (C=O) groups is 3. The van der Waals surface area contributed by atoms with E-state index in [9.17, 15) is 27.6 Å². The number of allylic oxidation sites excluding steroid dienone is 1. The monoisotopic (exact) mass is 563 g/mol. The van der Waals surface area contributed by atoms with Crippen LogP contribution in [0.1, 0.15) is 81.4 Å². The number of carbonyl (C=O) groups excluding carboxylic acids is 3. The molecule has 1 aromatic carbocycles. The second-order valence-electron chi connectivity index (χ2n) is 10.7. The standard InChI is InChI=1S/C28H33F4N5O3/c1-14(2)37-22(11-12-33-37)26(39)36-24(23(17-5-6-17)18-7-8-18)27(40)35-21-10-9-19(13-20(21)29)15(3)25(38)34-16(4)28(30,31)32/h9-17,24H,5-8H2,1-4H3,(H,34,38)(H,35,40)(H,36,39)/t15-,16+,24-/m0/s1. The Morgan fingerprint density at radius 2 is 1.68 bits per heavy atom. The Kier molecular flexibility index (Phi) is 8.36. The Bertz CT molecular complexity index is 1320. The van der Waals surface area contributed by atoms with E-state index < -0.39 is 47.7 Å². The molecule has 3 atom stereocenters. The molecule has 0 radical (unpaired) electrons. The van der Waals surface area contributed by atoms with E-state index in [4.69, 9.17) is 0 Å². The third kappa shape index (κ3) is 6.71. The zero-order valence-electron chi connectivity index (χ0n) is 22.7. The van der Waals surface area contributed by atoms with Crippen molar-refractivity contribution < 1.29 is 31.9 Å². The first kappa shape index (κ1) is 29.3. The van der Waals surface area contributed by atoms with Gasteiger partial charge >= 0.3 is 6.18 Å². The molecule has 1 heterocycles. The molecular formula is C28H33F4N5O3. The average molecular weight is 564 g/mol. The van der Waals surface area contributed by atoms with Crippen molar-refractivity contribution in [2.24, 2.45) is 5.92 Å². The van der Waals surface area contributed by atoms with Gasteiger partial charge in [-0.15, -0.1) is 0 Å². The molecule has 8 nitrogen and oxygen atoms in total. The van der Waals surface area contributed by atoms with Crippen LogP contribution in [0.15, 0.2) is 41.6 Å². The van der Waals surface area contributed by atoms with Crippen molar-refractivity contribution in [2.75, 3.05) is 5.32 Å². The molecule has 216 valence electrons. The van der Waals surface area contributed by atoms with E-state index >= 15 is 4.39 Å². The molecule has 1 aromatic heterocycles. The number of amides is 3. The number of anilines is 1. The van der Waals surface area contributed by atoms with Gasteiger partial charge < -0.3 is 16.0 Å². The predicted molar refractivity (Wildman–Crippen MR) is 140 cm³/mol. The number of halogens is 4. The van der Waals surface area contributed by atoms with Crippen LogP contribution in [0.5, 0.6) is 0 Å². The molecule has 2 saturated carbocycles. The number of nitrogens with zero attached hydrogens (tertiary/aromatic N) is 2. The Balaban J connectivity index is 1.52. The first-order chi connectivity index (χ1) is 18.8. The van der Waals surface area contributed by atoms with Gasteiger partial charge in [0.15, 0.2) is 0 Å². The molecule has 3 amide bonds. The van der Waals surface area contributed by atoms with Crippen molar-refractivity contribution in [2.45, 2.75) is 83.6 Å². The summed E-state index contributed by atoms with van der Waals surface area (Å²) >= 11 is 0. The zero-order valence-corrected chi connectivity index (χ0v) is 22.7. The molecule has 0 spiro atoms. The summed E-state index contributed by atoms with van der Waals surface area (Å²) in [4.78, 5) is 39.0. The topological polar surface area (TPSA) is 105 Å². The summed E-state index contributed by atoms with van der Waals surface area (Å²) in [5.41, 5.74) is 2.25. The van der Waals surface area contributed by atoms with E-state index in [-0.39, 0.29) is 23.2 Å². The molecule has 4 rings (SSSR count). The molecule has 0 bridgehead atoms. The highest BCUT2D eigenvalue weighted by Crippen LogP contribution is 2.46. The van der Waals surface area contributed by atoms with Crippen molar-refractivity contribution in [1.82, 2.24) is 20.4 Å². The fraction of sp³-hybridized carbons (Fsp3) is 0.500. The lowest BCUT2D eigenvalue weighted by Crippen LogP contribution is -2.46. The third-order valence-corrected chi connectivity index (χ3v) is 7.16. The molecular weight excluding hydrogens is 530 g/mol. The van der Waals surface area contributed by atoms with E-state index in [2.05, 4.69) is 15.7 Å². The second kappa shape index (κ2) is 11.4. The highest BCUT2D eigenvalue weighted by molar-refractivity contribution is 6.02. The van der Waals surface area contributed by atoms with Gasteiger partial charge in [-0.1, -0.05) is 11.6 Å². The second-order valence-corrected chi connectivity index (χ2v) is 10.7. The molecule has 2 fully saturated rings. The fourth-order valence-corrected chi connectivity index (χ4v) is 4.55. The molecule has 12 heteroatoms. The third-order valence-electron chi connectivity index (χ3n) is 7.16. The molecule has 2 aliphatic rings. The van der Waals surface area contributed by atoms with Crippen molar-refractivity contribution in [1.29, 1.82) is 0 Å². The van der Waals surface area contributed by atoms with Gasteiger partial charge in [0.05, 0.1) is 11.6 Å². The van der Waals surface area contributed by atoms with Gasteiger partial charge in [-0.3, -0.25) is 19.1 Å². The lowest BCUT2D eigenvalue weighted by molar-refractivity contribution is -0.158. The lowest BCUT2D eigenvalue weighted by atomic mass is 9.98. The summed E-state index contributed by atoms with van der Waals surface area (Å²) in [6, 6.07) is 2.05. The number of rotatable bonds is 10. The summed E-state index contributed by atoms with van der Waals surface area (Å²) in [5, 5.41) is 11.4. The van der Waals surface area contributed by atoms with Crippen molar-refractivity contribution in [3.05, 3.63) is 58.7 Å². The summed E-state index contributed by atoms with van der Waals surface area (Å²) in [6.45, 7) is 5.94. The largest absolute Gasteiger partial charge is 0.408 e. The smallest absolute Gasteiger partial charge is 0.344 e. The average Bonchev–Trinajstić information content (AvgIpc) is 3.82. The molecule has 0 aliphatic heterocycles. The van der Waals surface area contributed by atoms with Crippen LogP contribution in [-0.2, 0) is 9.59 Å². The summed E-state index contributed by atoms with van der Waals surface area (Å²) in [6.07, 6.45) is 0.380. The van der Waals surface area contributed by atoms with Crippen LogP contribution in [0, 0.1) is 11.7 Å². The predicted octanol–water partition coefficient (Wildman–Crippen LogP) is 5.01.